The number of aliphatic imine (C=N–C) groups is 1. The van der Waals surface area contributed by atoms with Gasteiger partial charge in [-0.05, 0) is 25.8 Å². The summed E-state index contributed by atoms with van der Waals surface area (Å²) in [6.07, 6.45) is 3.82. The molecule has 6 heteroatoms. The summed E-state index contributed by atoms with van der Waals surface area (Å²) in [7, 11) is 0. The monoisotopic (exact) mass is 444 g/mol. The number of nitrogens with zero attached hydrogens (tertiary/aromatic N) is 2. The Morgan fingerprint density at radius 3 is 2.61 bits per heavy atom. The molecule has 0 saturated heterocycles. The summed E-state index contributed by atoms with van der Waals surface area (Å²) in [5.74, 6) is 0.881. The highest BCUT2D eigenvalue weighted by molar-refractivity contribution is 14.0. The second-order valence-electron chi connectivity index (χ2n) is 5.04. The van der Waals surface area contributed by atoms with E-state index in [9.17, 15) is 0 Å². The zero-order valence-electron chi connectivity index (χ0n) is 13.7. The first-order valence-electron chi connectivity index (χ1n) is 7.75. The average molecular weight is 444 g/mol. The summed E-state index contributed by atoms with van der Waals surface area (Å²) >= 11 is 1.75. The number of halogens is 1. The van der Waals surface area contributed by atoms with Gasteiger partial charge in [0.05, 0.1) is 5.01 Å². The smallest absolute Gasteiger partial charge is 0.191 e. The van der Waals surface area contributed by atoms with Crippen molar-refractivity contribution in [2.75, 3.05) is 19.6 Å². The van der Waals surface area contributed by atoms with Gasteiger partial charge in [0.2, 0.25) is 0 Å². The number of aryl methyl sites for hydroxylation is 1. The van der Waals surface area contributed by atoms with E-state index in [1.807, 2.05) is 12.3 Å². The van der Waals surface area contributed by atoms with Gasteiger partial charge in [0.25, 0.3) is 0 Å². The minimum absolute atomic E-state index is 0. The molecular formula is C17H25IN4S. The molecular weight excluding hydrogens is 419 g/mol. The van der Waals surface area contributed by atoms with Crippen molar-refractivity contribution in [3.05, 3.63) is 52.0 Å². The zero-order chi connectivity index (χ0) is 15.6. The number of rotatable bonds is 7. The average Bonchev–Trinajstić information content (AvgIpc) is 2.94. The van der Waals surface area contributed by atoms with Crippen LogP contribution in [0, 0.1) is 6.92 Å². The molecule has 1 heterocycles. The van der Waals surface area contributed by atoms with E-state index in [2.05, 4.69) is 58.7 Å². The molecule has 1 aromatic heterocycles. The predicted octanol–water partition coefficient (Wildman–Crippen LogP) is 3.41. The Balaban J connectivity index is 0.00000264. The van der Waals surface area contributed by atoms with Crippen LogP contribution in [0.3, 0.4) is 0 Å². The lowest BCUT2D eigenvalue weighted by atomic mass is 10.1. The molecule has 0 bridgehead atoms. The summed E-state index contributed by atoms with van der Waals surface area (Å²) in [6, 6.07) is 10.5. The maximum atomic E-state index is 4.61. The van der Waals surface area contributed by atoms with E-state index in [0.29, 0.717) is 0 Å². The van der Waals surface area contributed by atoms with Gasteiger partial charge >= 0.3 is 0 Å². The number of hydrogen-bond acceptors (Lipinski definition) is 3. The molecule has 126 valence electrons. The van der Waals surface area contributed by atoms with E-state index < -0.39 is 0 Å². The molecule has 0 saturated carbocycles. The molecule has 0 aliphatic carbocycles. The molecule has 0 spiro atoms. The van der Waals surface area contributed by atoms with Gasteiger partial charge in [0, 0.05) is 37.1 Å². The summed E-state index contributed by atoms with van der Waals surface area (Å²) < 4.78 is 0. The van der Waals surface area contributed by atoms with E-state index >= 15 is 0 Å². The Hall–Kier alpha value is -1.15. The third-order valence-electron chi connectivity index (χ3n) is 3.16. The molecule has 0 fully saturated rings. The van der Waals surface area contributed by atoms with E-state index in [1.54, 1.807) is 11.3 Å². The number of nitrogens with one attached hydrogen (secondary N) is 2. The Morgan fingerprint density at radius 1 is 1.17 bits per heavy atom. The van der Waals surface area contributed by atoms with Gasteiger partial charge < -0.3 is 10.6 Å². The van der Waals surface area contributed by atoms with Crippen LogP contribution < -0.4 is 10.6 Å². The van der Waals surface area contributed by atoms with E-state index in [0.717, 1.165) is 43.4 Å². The normalized spacial score (nSPS) is 11.0. The van der Waals surface area contributed by atoms with Crippen LogP contribution in [0.5, 0.6) is 0 Å². The van der Waals surface area contributed by atoms with Crippen LogP contribution in [0.1, 0.15) is 22.4 Å². The Bertz CT molecular complexity index is 583. The molecule has 0 aliphatic rings. The topological polar surface area (TPSA) is 49.3 Å². The van der Waals surface area contributed by atoms with Gasteiger partial charge in [0.15, 0.2) is 5.96 Å². The largest absolute Gasteiger partial charge is 0.357 e. The third kappa shape index (κ3) is 7.78. The molecule has 23 heavy (non-hydrogen) atoms. The van der Waals surface area contributed by atoms with Crippen molar-refractivity contribution >= 4 is 41.3 Å². The van der Waals surface area contributed by atoms with Crippen molar-refractivity contribution in [3.63, 3.8) is 0 Å². The fourth-order valence-corrected chi connectivity index (χ4v) is 2.87. The number of guanidine groups is 1. The van der Waals surface area contributed by atoms with Crippen molar-refractivity contribution in [2.24, 2.45) is 4.99 Å². The maximum Gasteiger partial charge on any atom is 0.191 e. The Kier molecular flexibility index (Phi) is 9.86. The van der Waals surface area contributed by atoms with E-state index in [4.69, 9.17) is 0 Å². The fourth-order valence-electron chi connectivity index (χ4n) is 2.09. The summed E-state index contributed by atoms with van der Waals surface area (Å²) in [4.78, 5) is 10.2. The summed E-state index contributed by atoms with van der Waals surface area (Å²) in [6.45, 7) is 6.67. The first-order chi connectivity index (χ1) is 10.8. The second kappa shape index (κ2) is 11.4. The Labute approximate surface area is 159 Å². The molecule has 0 atom stereocenters. The lowest BCUT2D eigenvalue weighted by Gasteiger charge is -2.11. The highest BCUT2D eigenvalue weighted by Crippen LogP contribution is 2.11. The molecule has 1 aromatic carbocycles. The highest BCUT2D eigenvalue weighted by Gasteiger charge is 2.00. The van der Waals surface area contributed by atoms with E-state index in [-0.39, 0.29) is 24.0 Å². The fraction of sp³-hybridized carbons (Fsp3) is 0.412. The van der Waals surface area contributed by atoms with Crippen LogP contribution in [0.4, 0.5) is 0 Å². The van der Waals surface area contributed by atoms with Crippen molar-refractivity contribution in [1.29, 1.82) is 0 Å². The zero-order valence-corrected chi connectivity index (χ0v) is 16.9. The standard InChI is InChI=1S/C17H24N4S.HI/c1-3-18-17(19-11-9-15-7-5-4-6-8-15)20-12-10-16-21-13-14(2)22-16;/h4-8,13H,3,9-12H2,1-2H3,(H2,18,19,20);1H. The SMILES string of the molecule is CCNC(=NCCc1ncc(C)s1)NCCc1ccccc1.I. The minimum Gasteiger partial charge on any atom is -0.357 e. The lowest BCUT2D eigenvalue weighted by molar-refractivity contribution is 0.796. The minimum atomic E-state index is 0. The van der Waals surface area contributed by atoms with E-state index in [1.165, 1.54) is 10.4 Å². The van der Waals surface area contributed by atoms with Crippen LogP contribution >= 0.6 is 35.3 Å². The van der Waals surface area contributed by atoms with Crippen molar-refractivity contribution < 1.29 is 0 Å². The first kappa shape index (κ1) is 19.9. The number of hydrogen-bond donors (Lipinski definition) is 2. The maximum absolute atomic E-state index is 4.61. The van der Waals surface area contributed by atoms with Crippen LogP contribution in [0.15, 0.2) is 41.5 Å². The second-order valence-corrected chi connectivity index (χ2v) is 6.36. The van der Waals surface area contributed by atoms with Crippen LogP contribution in [0.2, 0.25) is 0 Å². The number of thiazole rings is 1. The quantitative estimate of drug-likeness (QED) is 0.391. The van der Waals surface area contributed by atoms with Crippen molar-refractivity contribution in [3.8, 4) is 0 Å². The number of benzene rings is 1. The molecule has 0 aliphatic heterocycles. The van der Waals surface area contributed by atoms with Crippen molar-refractivity contribution in [2.45, 2.75) is 26.7 Å². The van der Waals surface area contributed by atoms with Crippen LogP contribution in [0.25, 0.3) is 0 Å². The van der Waals surface area contributed by atoms with Gasteiger partial charge in [-0.3, -0.25) is 4.99 Å². The summed E-state index contributed by atoms with van der Waals surface area (Å²) in [5, 5.41) is 7.82. The van der Waals surface area contributed by atoms with Crippen molar-refractivity contribution in [1.82, 2.24) is 15.6 Å². The number of aromatic nitrogens is 1. The van der Waals surface area contributed by atoms with Gasteiger partial charge in [-0.2, -0.15) is 0 Å². The lowest BCUT2D eigenvalue weighted by Crippen LogP contribution is -2.38. The molecule has 0 radical (unpaired) electrons. The first-order valence-corrected chi connectivity index (χ1v) is 8.57. The third-order valence-corrected chi connectivity index (χ3v) is 4.13. The van der Waals surface area contributed by atoms with Crippen LogP contribution in [-0.2, 0) is 12.8 Å². The molecule has 0 unspecified atom stereocenters. The molecule has 4 nitrogen and oxygen atoms in total. The van der Waals surface area contributed by atoms with Gasteiger partial charge in [-0.1, -0.05) is 30.3 Å². The molecule has 2 aromatic rings. The van der Waals surface area contributed by atoms with Gasteiger partial charge in [-0.15, -0.1) is 35.3 Å². The van der Waals surface area contributed by atoms with Crippen LogP contribution in [-0.4, -0.2) is 30.6 Å². The Morgan fingerprint density at radius 2 is 1.96 bits per heavy atom. The highest BCUT2D eigenvalue weighted by atomic mass is 127. The predicted molar refractivity (Wildman–Crippen MR) is 110 cm³/mol. The summed E-state index contributed by atoms with van der Waals surface area (Å²) in [5.41, 5.74) is 1.34. The van der Waals surface area contributed by atoms with Gasteiger partial charge in [0.1, 0.15) is 0 Å². The molecule has 0 amide bonds. The van der Waals surface area contributed by atoms with Gasteiger partial charge in [-0.25, -0.2) is 4.98 Å². The molecule has 2 rings (SSSR count). The molecule has 2 N–H and O–H groups in total.